The van der Waals surface area contributed by atoms with Crippen LogP contribution in [0.1, 0.15) is 21.7 Å². The molecule has 0 radical (unpaired) electrons. The summed E-state index contributed by atoms with van der Waals surface area (Å²) in [7, 11) is 1.89. The standard InChI is InChI=1S/C19H18N6OS2/c1-12-9-15(13(2)25(12)18-21-7-8-27-18)16(26)11-28-19-23-22-17(24(19)3)14-5-4-6-20-10-14/h4-10H,11H2,1-3H3. The van der Waals surface area contributed by atoms with Gasteiger partial charge in [0.25, 0.3) is 0 Å². The van der Waals surface area contributed by atoms with Crippen molar-refractivity contribution in [3.63, 3.8) is 0 Å². The number of pyridine rings is 1. The van der Waals surface area contributed by atoms with Crippen LogP contribution in [-0.4, -0.2) is 40.8 Å². The molecule has 0 aliphatic rings. The van der Waals surface area contributed by atoms with Crippen LogP contribution < -0.4 is 0 Å². The predicted octanol–water partition coefficient (Wildman–Crippen LogP) is 3.72. The Hall–Kier alpha value is -2.78. The van der Waals surface area contributed by atoms with Gasteiger partial charge in [-0.1, -0.05) is 11.8 Å². The number of carbonyl (C=O) groups excluding carboxylic acids is 1. The molecule has 4 heterocycles. The monoisotopic (exact) mass is 410 g/mol. The smallest absolute Gasteiger partial charge is 0.193 e. The van der Waals surface area contributed by atoms with E-state index in [1.165, 1.54) is 11.8 Å². The molecule has 28 heavy (non-hydrogen) atoms. The van der Waals surface area contributed by atoms with Crippen molar-refractivity contribution < 1.29 is 4.79 Å². The van der Waals surface area contributed by atoms with Crippen LogP contribution in [0, 0.1) is 13.8 Å². The number of thiazole rings is 1. The van der Waals surface area contributed by atoms with Gasteiger partial charge >= 0.3 is 0 Å². The van der Waals surface area contributed by atoms with Crippen LogP contribution in [0.2, 0.25) is 0 Å². The molecule has 0 aliphatic carbocycles. The highest BCUT2D eigenvalue weighted by Crippen LogP contribution is 2.26. The Morgan fingerprint density at radius 2 is 2.11 bits per heavy atom. The molecule has 0 bridgehead atoms. The van der Waals surface area contributed by atoms with Crippen LogP contribution in [0.15, 0.2) is 47.3 Å². The second-order valence-electron chi connectivity index (χ2n) is 6.25. The number of nitrogens with zero attached hydrogens (tertiary/aromatic N) is 6. The summed E-state index contributed by atoms with van der Waals surface area (Å²) in [5, 5.41) is 12.0. The van der Waals surface area contributed by atoms with Crippen molar-refractivity contribution in [2.75, 3.05) is 5.75 Å². The van der Waals surface area contributed by atoms with Gasteiger partial charge in [0.1, 0.15) is 0 Å². The van der Waals surface area contributed by atoms with Crippen molar-refractivity contribution in [3.05, 3.63) is 59.1 Å². The molecule has 0 atom stereocenters. The van der Waals surface area contributed by atoms with Crippen LogP contribution in [0.3, 0.4) is 0 Å². The lowest BCUT2D eigenvalue weighted by atomic mass is 10.2. The van der Waals surface area contributed by atoms with Crippen molar-refractivity contribution in [1.29, 1.82) is 0 Å². The molecule has 9 heteroatoms. The van der Waals surface area contributed by atoms with Gasteiger partial charge < -0.3 is 4.57 Å². The summed E-state index contributed by atoms with van der Waals surface area (Å²) in [5.41, 5.74) is 3.52. The summed E-state index contributed by atoms with van der Waals surface area (Å²) in [4.78, 5) is 21.3. The second kappa shape index (κ2) is 7.69. The zero-order valence-corrected chi connectivity index (χ0v) is 17.3. The van der Waals surface area contributed by atoms with E-state index in [1.54, 1.807) is 29.9 Å². The molecule has 4 aromatic rings. The third kappa shape index (κ3) is 3.38. The molecular weight excluding hydrogens is 392 g/mol. The lowest BCUT2D eigenvalue weighted by Gasteiger charge is -2.06. The number of Topliss-reactive ketones (excluding diaryl/α,β-unsaturated/α-hetero) is 1. The normalized spacial score (nSPS) is 11.1. The van der Waals surface area contributed by atoms with Gasteiger partial charge in [-0.15, -0.1) is 21.5 Å². The lowest BCUT2D eigenvalue weighted by molar-refractivity contribution is 0.102. The molecule has 0 spiro atoms. The average Bonchev–Trinajstić information content (AvgIpc) is 3.41. The van der Waals surface area contributed by atoms with Crippen molar-refractivity contribution >= 4 is 28.9 Å². The minimum Gasteiger partial charge on any atom is -0.305 e. The fourth-order valence-electron chi connectivity index (χ4n) is 3.06. The molecule has 142 valence electrons. The Bertz CT molecular complexity index is 1120. The first-order valence-electron chi connectivity index (χ1n) is 8.61. The van der Waals surface area contributed by atoms with Crippen molar-refractivity contribution in [2.45, 2.75) is 19.0 Å². The van der Waals surface area contributed by atoms with E-state index >= 15 is 0 Å². The topological polar surface area (TPSA) is 78.5 Å². The molecule has 0 saturated heterocycles. The third-order valence-corrected chi connectivity index (χ3v) is 6.21. The van der Waals surface area contributed by atoms with E-state index < -0.39 is 0 Å². The Morgan fingerprint density at radius 3 is 2.82 bits per heavy atom. The molecule has 0 amide bonds. The minimum absolute atomic E-state index is 0.0619. The maximum atomic E-state index is 12.8. The van der Waals surface area contributed by atoms with E-state index in [0.717, 1.165) is 33.5 Å². The van der Waals surface area contributed by atoms with Gasteiger partial charge in [-0.3, -0.25) is 14.3 Å². The SMILES string of the molecule is Cc1cc(C(=O)CSc2nnc(-c3cccnc3)n2C)c(C)n1-c1nccs1. The number of thioether (sulfide) groups is 1. The number of ketones is 1. The average molecular weight is 411 g/mol. The zero-order chi connectivity index (χ0) is 19.7. The molecule has 0 fully saturated rings. The predicted molar refractivity (Wildman–Crippen MR) is 110 cm³/mol. The number of rotatable bonds is 6. The quantitative estimate of drug-likeness (QED) is 0.356. The Balaban J connectivity index is 1.52. The molecule has 0 unspecified atom stereocenters. The molecule has 0 aromatic carbocycles. The number of aromatic nitrogens is 6. The highest BCUT2D eigenvalue weighted by Gasteiger charge is 2.19. The fraction of sp³-hybridized carbons (Fsp3) is 0.211. The number of hydrogen-bond donors (Lipinski definition) is 0. The van der Waals surface area contributed by atoms with Crippen molar-refractivity contribution in [3.8, 4) is 16.5 Å². The summed E-state index contributed by atoms with van der Waals surface area (Å²) in [5.74, 6) is 1.08. The van der Waals surface area contributed by atoms with E-state index in [2.05, 4.69) is 20.2 Å². The van der Waals surface area contributed by atoms with Gasteiger partial charge in [0.2, 0.25) is 0 Å². The Morgan fingerprint density at radius 1 is 1.25 bits per heavy atom. The highest BCUT2D eigenvalue weighted by molar-refractivity contribution is 7.99. The second-order valence-corrected chi connectivity index (χ2v) is 8.07. The van der Waals surface area contributed by atoms with E-state index in [4.69, 9.17) is 0 Å². The van der Waals surface area contributed by atoms with Gasteiger partial charge in [-0.2, -0.15) is 0 Å². The summed E-state index contributed by atoms with van der Waals surface area (Å²) in [6, 6.07) is 5.72. The first-order valence-corrected chi connectivity index (χ1v) is 10.5. The Kier molecular flexibility index (Phi) is 5.10. The van der Waals surface area contributed by atoms with Crippen LogP contribution in [0.5, 0.6) is 0 Å². The summed E-state index contributed by atoms with van der Waals surface area (Å²) >= 11 is 2.93. The molecule has 0 aliphatic heterocycles. The van der Waals surface area contributed by atoms with Gasteiger partial charge in [-0.05, 0) is 32.0 Å². The van der Waals surface area contributed by atoms with E-state index in [1.807, 2.05) is 53.6 Å². The van der Waals surface area contributed by atoms with Crippen molar-refractivity contribution in [2.24, 2.45) is 7.05 Å². The van der Waals surface area contributed by atoms with Gasteiger partial charge in [-0.25, -0.2) is 4.98 Å². The van der Waals surface area contributed by atoms with Gasteiger partial charge in [0.15, 0.2) is 21.9 Å². The molecule has 7 nitrogen and oxygen atoms in total. The first kappa shape index (κ1) is 18.6. The van der Waals surface area contributed by atoms with Crippen LogP contribution in [-0.2, 0) is 7.05 Å². The molecule has 0 N–H and O–H groups in total. The molecular formula is C19H18N6OS2. The van der Waals surface area contributed by atoms with Crippen LogP contribution in [0.4, 0.5) is 0 Å². The zero-order valence-electron chi connectivity index (χ0n) is 15.7. The van der Waals surface area contributed by atoms with Crippen LogP contribution in [0.25, 0.3) is 16.5 Å². The first-order chi connectivity index (χ1) is 13.6. The third-order valence-electron chi connectivity index (χ3n) is 4.43. The molecule has 4 aromatic heterocycles. The summed E-state index contributed by atoms with van der Waals surface area (Å²) in [6.45, 7) is 3.94. The molecule has 4 rings (SSSR count). The maximum Gasteiger partial charge on any atom is 0.193 e. The fourth-order valence-corrected chi connectivity index (χ4v) is 4.61. The number of hydrogen-bond acceptors (Lipinski definition) is 7. The van der Waals surface area contributed by atoms with Crippen molar-refractivity contribution in [1.82, 2.24) is 29.3 Å². The lowest BCUT2D eigenvalue weighted by Crippen LogP contribution is -2.06. The van der Waals surface area contributed by atoms with Crippen LogP contribution >= 0.6 is 23.1 Å². The van der Waals surface area contributed by atoms with Gasteiger partial charge in [0, 0.05) is 53.5 Å². The summed E-state index contributed by atoms with van der Waals surface area (Å²) < 4.78 is 3.90. The number of aryl methyl sites for hydroxylation is 1. The Labute approximate surface area is 170 Å². The van der Waals surface area contributed by atoms with E-state index in [-0.39, 0.29) is 5.78 Å². The minimum atomic E-state index is 0.0619. The van der Waals surface area contributed by atoms with E-state index in [9.17, 15) is 4.79 Å². The highest BCUT2D eigenvalue weighted by atomic mass is 32.2. The molecule has 0 saturated carbocycles. The largest absolute Gasteiger partial charge is 0.305 e. The maximum absolute atomic E-state index is 12.8. The van der Waals surface area contributed by atoms with E-state index in [0.29, 0.717) is 10.9 Å². The van der Waals surface area contributed by atoms with Gasteiger partial charge in [0.05, 0.1) is 5.75 Å². The summed E-state index contributed by atoms with van der Waals surface area (Å²) in [6.07, 6.45) is 5.23. The number of carbonyl (C=O) groups is 1.